The highest BCUT2D eigenvalue weighted by molar-refractivity contribution is 9.10. The van der Waals surface area contributed by atoms with Gasteiger partial charge in [-0.25, -0.2) is 9.07 Å². The number of rotatable bonds is 8. The van der Waals surface area contributed by atoms with E-state index in [1.807, 2.05) is 13.8 Å². The number of carbonyl (C=O) groups excluding carboxylic acids is 1. The minimum absolute atomic E-state index is 0.0316. The zero-order valence-electron chi connectivity index (χ0n) is 13.9. The van der Waals surface area contributed by atoms with Gasteiger partial charge in [0.2, 0.25) is 16.2 Å². The van der Waals surface area contributed by atoms with Crippen LogP contribution in [0, 0.1) is 5.82 Å². The molecule has 0 saturated heterocycles. The molecule has 0 unspecified atom stereocenters. The van der Waals surface area contributed by atoms with Crippen LogP contribution in [0.1, 0.15) is 19.4 Å². The third-order valence-electron chi connectivity index (χ3n) is 3.45. The average molecular weight is 448 g/mol. The Kier molecular flexibility index (Phi) is 7.57. The first-order valence-corrected chi connectivity index (χ1v) is 10.4. The maximum atomic E-state index is 13.8. The molecule has 0 spiro atoms. The number of nitrogens with zero attached hydrogens (tertiary/aromatic N) is 4. The van der Waals surface area contributed by atoms with E-state index in [0.717, 1.165) is 0 Å². The van der Waals surface area contributed by atoms with Gasteiger partial charge >= 0.3 is 0 Å². The van der Waals surface area contributed by atoms with Crippen LogP contribution in [-0.2, 0) is 10.5 Å². The summed E-state index contributed by atoms with van der Waals surface area (Å²) in [5, 5.41) is 8.95. The lowest BCUT2D eigenvalue weighted by atomic mass is 10.2. The van der Waals surface area contributed by atoms with Crippen LogP contribution in [0.5, 0.6) is 0 Å². The lowest BCUT2D eigenvalue weighted by molar-refractivity contribution is -0.127. The van der Waals surface area contributed by atoms with Crippen molar-refractivity contribution in [1.82, 2.24) is 19.8 Å². The molecule has 0 aliphatic heterocycles. The second-order valence-corrected chi connectivity index (χ2v) is 7.81. The van der Waals surface area contributed by atoms with Gasteiger partial charge in [0.05, 0.1) is 5.75 Å². The van der Waals surface area contributed by atoms with Crippen molar-refractivity contribution < 1.29 is 9.18 Å². The molecule has 2 rings (SSSR count). The SMILES string of the molecule is CCN(CC)C(=O)CSc1nnc(SCc2ccc(Br)cc2F)n1N. The molecule has 2 N–H and O–H groups in total. The quantitative estimate of drug-likeness (QED) is 0.494. The summed E-state index contributed by atoms with van der Waals surface area (Å²) >= 11 is 5.76. The van der Waals surface area contributed by atoms with Gasteiger partial charge < -0.3 is 10.7 Å². The second-order valence-electron chi connectivity index (χ2n) is 5.01. The highest BCUT2D eigenvalue weighted by Crippen LogP contribution is 2.26. The molecule has 2 aromatic rings. The molecule has 0 bridgehead atoms. The van der Waals surface area contributed by atoms with Gasteiger partial charge in [-0.05, 0) is 31.5 Å². The topological polar surface area (TPSA) is 77.0 Å². The van der Waals surface area contributed by atoms with E-state index in [9.17, 15) is 9.18 Å². The number of nitrogens with two attached hydrogens (primary N) is 1. The molecule has 0 aliphatic carbocycles. The summed E-state index contributed by atoms with van der Waals surface area (Å²) in [4.78, 5) is 13.8. The van der Waals surface area contributed by atoms with Crippen molar-refractivity contribution in [2.24, 2.45) is 0 Å². The molecule has 10 heteroatoms. The van der Waals surface area contributed by atoms with Crippen molar-refractivity contribution in [2.45, 2.75) is 29.9 Å². The summed E-state index contributed by atoms with van der Waals surface area (Å²) in [6, 6.07) is 4.91. The van der Waals surface area contributed by atoms with Gasteiger partial charge in [0.1, 0.15) is 5.82 Å². The predicted octanol–water partition coefficient (Wildman–Crippen LogP) is 3.15. The first kappa shape index (κ1) is 20.1. The molecular formula is C15H19BrFN5OS2. The van der Waals surface area contributed by atoms with E-state index in [2.05, 4.69) is 26.1 Å². The number of nitrogen functional groups attached to an aromatic ring is 1. The highest BCUT2D eigenvalue weighted by Gasteiger charge is 2.15. The fraction of sp³-hybridized carbons (Fsp3) is 0.400. The summed E-state index contributed by atoms with van der Waals surface area (Å²) in [6.45, 7) is 5.22. The van der Waals surface area contributed by atoms with Crippen molar-refractivity contribution in [3.05, 3.63) is 34.1 Å². The first-order chi connectivity index (χ1) is 12.0. The molecule has 0 radical (unpaired) electrons. The van der Waals surface area contributed by atoms with Crippen LogP contribution >= 0.6 is 39.5 Å². The molecule has 0 aliphatic rings. The molecule has 1 heterocycles. The van der Waals surface area contributed by atoms with E-state index in [1.165, 1.54) is 34.3 Å². The molecule has 1 aromatic carbocycles. The number of benzene rings is 1. The summed E-state index contributed by atoms with van der Waals surface area (Å²) in [5.74, 6) is 6.36. The van der Waals surface area contributed by atoms with Crippen molar-refractivity contribution in [3.63, 3.8) is 0 Å². The standard InChI is InChI=1S/C15H19BrFN5OS2/c1-3-21(4-2)13(23)9-25-15-20-19-14(22(15)18)24-8-10-5-6-11(16)7-12(10)17/h5-7H,3-4,8-9,18H2,1-2H3. The average Bonchev–Trinajstić information content (AvgIpc) is 2.93. The Morgan fingerprint density at radius 1 is 1.28 bits per heavy atom. The van der Waals surface area contributed by atoms with E-state index >= 15 is 0 Å². The van der Waals surface area contributed by atoms with Crippen molar-refractivity contribution >= 4 is 45.4 Å². The van der Waals surface area contributed by atoms with Crippen molar-refractivity contribution in [2.75, 3.05) is 24.7 Å². The summed E-state index contributed by atoms with van der Waals surface area (Å²) < 4.78 is 15.9. The van der Waals surface area contributed by atoms with Crippen LogP contribution in [0.3, 0.4) is 0 Å². The number of hydrogen-bond donors (Lipinski definition) is 1. The van der Waals surface area contributed by atoms with Gasteiger partial charge in [-0.3, -0.25) is 4.79 Å². The first-order valence-electron chi connectivity index (χ1n) is 7.64. The molecule has 25 heavy (non-hydrogen) atoms. The lowest BCUT2D eigenvalue weighted by Crippen LogP contribution is -2.32. The van der Waals surface area contributed by atoms with Crippen LogP contribution in [0.15, 0.2) is 33.0 Å². The molecule has 136 valence electrons. The number of amides is 1. The predicted molar refractivity (Wildman–Crippen MR) is 102 cm³/mol. The summed E-state index contributed by atoms with van der Waals surface area (Å²) in [7, 11) is 0. The molecule has 0 fully saturated rings. The number of hydrogen-bond acceptors (Lipinski definition) is 6. The summed E-state index contributed by atoms with van der Waals surface area (Å²) in [6.07, 6.45) is 0. The monoisotopic (exact) mass is 447 g/mol. The fourth-order valence-electron chi connectivity index (χ4n) is 2.04. The largest absolute Gasteiger partial charge is 0.343 e. The number of carbonyl (C=O) groups is 1. The van der Waals surface area contributed by atoms with Crippen LogP contribution < -0.4 is 5.84 Å². The van der Waals surface area contributed by atoms with E-state index in [0.29, 0.717) is 39.2 Å². The molecule has 0 saturated carbocycles. The Balaban J connectivity index is 1.95. The Bertz CT molecular complexity index is 739. The van der Waals surface area contributed by atoms with Crippen LogP contribution in [0.4, 0.5) is 4.39 Å². The van der Waals surface area contributed by atoms with E-state index in [1.54, 1.807) is 17.0 Å². The Labute approximate surface area is 162 Å². The van der Waals surface area contributed by atoms with Gasteiger partial charge in [0.25, 0.3) is 0 Å². The molecular weight excluding hydrogens is 429 g/mol. The molecule has 0 atom stereocenters. The molecule has 1 amide bonds. The number of aromatic nitrogens is 3. The van der Waals surface area contributed by atoms with Crippen LogP contribution in [-0.4, -0.2) is 44.5 Å². The molecule has 6 nitrogen and oxygen atoms in total. The smallest absolute Gasteiger partial charge is 0.233 e. The number of halogens is 2. The highest BCUT2D eigenvalue weighted by atomic mass is 79.9. The van der Waals surface area contributed by atoms with Crippen LogP contribution in [0.2, 0.25) is 0 Å². The van der Waals surface area contributed by atoms with Gasteiger partial charge in [0.15, 0.2) is 0 Å². The lowest BCUT2D eigenvalue weighted by Gasteiger charge is -2.17. The molecule has 1 aromatic heterocycles. The Hall–Kier alpha value is -1.26. The van der Waals surface area contributed by atoms with Gasteiger partial charge in [-0.1, -0.05) is 45.5 Å². The normalized spacial score (nSPS) is 10.9. The van der Waals surface area contributed by atoms with Gasteiger partial charge in [0, 0.05) is 23.3 Å². The third kappa shape index (κ3) is 5.35. The van der Waals surface area contributed by atoms with Gasteiger partial charge in [-0.2, -0.15) is 0 Å². The Morgan fingerprint density at radius 3 is 2.52 bits per heavy atom. The van der Waals surface area contributed by atoms with E-state index in [-0.39, 0.29) is 17.5 Å². The van der Waals surface area contributed by atoms with Gasteiger partial charge in [-0.15, -0.1) is 10.2 Å². The summed E-state index contributed by atoms with van der Waals surface area (Å²) in [5.41, 5.74) is 0.558. The maximum Gasteiger partial charge on any atom is 0.233 e. The van der Waals surface area contributed by atoms with Crippen molar-refractivity contribution in [1.29, 1.82) is 0 Å². The zero-order chi connectivity index (χ0) is 18.4. The number of thioether (sulfide) groups is 2. The van der Waals surface area contributed by atoms with E-state index in [4.69, 9.17) is 5.84 Å². The van der Waals surface area contributed by atoms with Crippen molar-refractivity contribution in [3.8, 4) is 0 Å². The minimum Gasteiger partial charge on any atom is -0.343 e. The minimum atomic E-state index is -0.288. The maximum absolute atomic E-state index is 13.8. The Morgan fingerprint density at radius 2 is 1.92 bits per heavy atom. The van der Waals surface area contributed by atoms with E-state index < -0.39 is 0 Å². The third-order valence-corrected chi connectivity index (χ3v) is 5.86. The fourth-order valence-corrected chi connectivity index (χ4v) is 4.03. The van der Waals surface area contributed by atoms with Crippen LogP contribution in [0.25, 0.3) is 0 Å². The second kappa shape index (κ2) is 9.44. The zero-order valence-corrected chi connectivity index (χ0v) is 17.1.